The van der Waals surface area contributed by atoms with Gasteiger partial charge in [0.2, 0.25) is 0 Å². The number of hydrogen-bond acceptors (Lipinski definition) is 3. The van der Waals surface area contributed by atoms with Gasteiger partial charge in [-0.3, -0.25) is 4.79 Å². The highest BCUT2D eigenvalue weighted by molar-refractivity contribution is 5.95. The first kappa shape index (κ1) is 22.9. The molecule has 1 heterocycles. The molecule has 0 aliphatic carbocycles. The maximum atomic E-state index is 13.1. The summed E-state index contributed by atoms with van der Waals surface area (Å²) in [5, 5.41) is 11.1. The van der Waals surface area contributed by atoms with Gasteiger partial charge in [-0.15, -0.1) is 0 Å². The normalized spacial score (nSPS) is 19.9. The van der Waals surface area contributed by atoms with Crippen molar-refractivity contribution in [1.29, 1.82) is 0 Å². The molecule has 0 aromatic heterocycles. The number of nitrogens with zero attached hydrogens (tertiary/aromatic N) is 1. The fourth-order valence-corrected chi connectivity index (χ4v) is 3.62. The van der Waals surface area contributed by atoms with Gasteiger partial charge >= 0.3 is 12.4 Å². The molecule has 0 spiro atoms. The van der Waals surface area contributed by atoms with Gasteiger partial charge in [-0.1, -0.05) is 12.1 Å². The van der Waals surface area contributed by atoms with Crippen LogP contribution in [-0.2, 0) is 18.0 Å². The van der Waals surface area contributed by atoms with Gasteiger partial charge < -0.3 is 14.7 Å². The van der Waals surface area contributed by atoms with Crippen molar-refractivity contribution in [2.45, 2.75) is 30.8 Å². The quantitative estimate of drug-likeness (QED) is 0.684. The van der Waals surface area contributed by atoms with Gasteiger partial charge in [0.05, 0.1) is 24.8 Å². The lowest BCUT2D eigenvalue weighted by atomic mass is 9.85. The summed E-state index contributed by atoms with van der Waals surface area (Å²) in [6.45, 7) is -0.195. The first-order valence-corrected chi connectivity index (χ1v) is 9.29. The van der Waals surface area contributed by atoms with E-state index in [4.69, 9.17) is 4.74 Å². The second kappa shape index (κ2) is 8.07. The Morgan fingerprint density at radius 3 is 2.19 bits per heavy atom. The van der Waals surface area contributed by atoms with E-state index in [9.17, 15) is 36.2 Å². The van der Waals surface area contributed by atoms with Gasteiger partial charge in [-0.05, 0) is 48.7 Å². The van der Waals surface area contributed by atoms with E-state index >= 15 is 0 Å². The number of amides is 1. The Labute approximate surface area is 174 Å². The zero-order valence-corrected chi connectivity index (χ0v) is 16.3. The maximum Gasteiger partial charge on any atom is 0.416 e. The molecule has 1 aliphatic rings. The summed E-state index contributed by atoms with van der Waals surface area (Å²) >= 11 is 0. The summed E-state index contributed by atoms with van der Waals surface area (Å²) in [4.78, 5) is 13.9. The number of piperidine rings is 1. The Bertz CT molecular complexity index is 940. The molecule has 31 heavy (non-hydrogen) atoms. The number of alkyl halides is 6. The summed E-state index contributed by atoms with van der Waals surface area (Å²) in [6.07, 6.45) is -9.54. The van der Waals surface area contributed by atoms with Crippen LogP contribution in [0.4, 0.5) is 26.3 Å². The molecule has 0 bridgehead atoms. The number of rotatable bonds is 3. The molecule has 1 N–H and O–H groups in total. The van der Waals surface area contributed by atoms with Crippen LogP contribution in [0.5, 0.6) is 5.75 Å². The lowest BCUT2D eigenvalue weighted by Crippen LogP contribution is -2.48. The maximum absolute atomic E-state index is 13.1. The van der Waals surface area contributed by atoms with Crippen LogP contribution in [0.2, 0.25) is 0 Å². The van der Waals surface area contributed by atoms with Gasteiger partial charge in [-0.25, -0.2) is 0 Å². The van der Waals surface area contributed by atoms with Crippen LogP contribution in [0.25, 0.3) is 0 Å². The minimum Gasteiger partial charge on any atom is -0.497 e. The highest BCUT2D eigenvalue weighted by atomic mass is 19.4. The average Bonchev–Trinajstić information content (AvgIpc) is 2.71. The Kier molecular flexibility index (Phi) is 5.96. The topological polar surface area (TPSA) is 49.8 Å². The van der Waals surface area contributed by atoms with E-state index in [0.717, 1.165) is 4.90 Å². The third-order valence-electron chi connectivity index (χ3n) is 5.20. The molecule has 1 fully saturated rings. The molecule has 10 heteroatoms. The van der Waals surface area contributed by atoms with Crippen molar-refractivity contribution < 1.29 is 41.0 Å². The van der Waals surface area contributed by atoms with Gasteiger partial charge in [0.1, 0.15) is 11.4 Å². The van der Waals surface area contributed by atoms with E-state index in [1.807, 2.05) is 0 Å². The molecule has 1 atom stereocenters. The summed E-state index contributed by atoms with van der Waals surface area (Å²) in [5.74, 6) is -0.556. The third-order valence-corrected chi connectivity index (χ3v) is 5.20. The largest absolute Gasteiger partial charge is 0.497 e. The summed E-state index contributed by atoms with van der Waals surface area (Å²) in [6, 6.07) is 7.24. The molecular weight excluding hydrogens is 428 g/mol. The summed E-state index contributed by atoms with van der Waals surface area (Å²) in [5.41, 5.74) is -4.95. The molecule has 2 aromatic rings. The van der Waals surface area contributed by atoms with Crippen LogP contribution < -0.4 is 4.74 Å². The number of carbonyl (C=O) groups excluding carboxylic acids is 1. The van der Waals surface area contributed by atoms with Gasteiger partial charge in [0, 0.05) is 12.1 Å². The lowest BCUT2D eigenvalue weighted by Gasteiger charge is -2.39. The van der Waals surface area contributed by atoms with E-state index in [1.165, 1.54) is 7.11 Å². The number of aliphatic hydroxyl groups is 1. The number of benzene rings is 2. The smallest absolute Gasteiger partial charge is 0.416 e. The van der Waals surface area contributed by atoms with Crippen molar-refractivity contribution in [1.82, 2.24) is 4.90 Å². The molecule has 4 nitrogen and oxygen atoms in total. The zero-order chi connectivity index (χ0) is 23.0. The Balaban J connectivity index is 1.95. The number of halogens is 6. The fourth-order valence-electron chi connectivity index (χ4n) is 3.62. The van der Waals surface area contributed by atoms with Crippen LogP contribution in [0, 0.1) is 0 Å². The Morgan fingerprint density at radius 2 is 1.65 bits per heavy atom. The predicted octanol–water partition coefficient (Wildman–Crippen LogP) is 4.86. The van der Waals surface area contributed by atoms with Crippen LogP contribution in [0.15, 0.2) is 42.5 Å². The number of likely N-dealkylation sites (tertiary alicyclic amines) is 1. The van der Waals surface area contributed by atoms with Gasteiger partial charge in [-0.2, -0.15) is 26.3 Å². The second-order valence-corrected chi connectivity index (χ2v) is 7.39. The summed E-state index contributed by atoms with van der Waals surface area (Å²) < 4.78 is 83.8. The van der Waals surface area contributed by atoms with Gasteiger partial charge in [0.15, 0.2) is 0 Å². The molecule has 0 saturated carbocycles. The molecule has 1 unspecified atom stereocenters. The van der Waals surface area contributed by atoms with Crippen molar-refractivity contribution in [2.75, 3.05) is 20.2 Å². The van der Waals surface area contributed by atoms with E-state index in [2.05, 4.69) is 0 Å². The van der Waals surface area contributed by atoms with Crippen molar-refractivity contribution >= 4 is 5.91 Å². The number of hydrogen-bond donors (Lipinski definition) is 1. The highest BCUT2D eigenvalue weighted by Crippen LogP contribution is 2.38. The van der Waals surface area contributed by atoms with Gasteiger partial charge in [0.25, 0.3) is 5.91 Å². The van der Waals surface area contributed by atoms with Crippen LogP contribution in [-0.4, -0.2) is 36.1 Å². The fraction of sp³-hybridized carbons (Fsp3) is 0.381. The number of ether oxygens (including phenoxy) is 1. The SMILES string of the molecule is COc1cccc(C2(O)CCCN(C(=O)c3cc(C(F)(F)F)cc(C(F)(F)F)c3)C2)c1. The highest BCUT2D eigenvalue weighted by Gasteiger charge is 2.40. The van der Waals surface area contributed by atoms with E-state index in [-0.39, 0.29) is 25.6 Å². The third kappa shape index (κ3) is 4.95. The Morgan fingerprint density at radius 1 is 1.03 bits per heavy atom. The van der Waals surface area contributed by atoms with Crippen molar-refractivity contribution in [2.24, 2.45) is 0 Å². The lowest BCUT2D eigenvalue weighted by molar-refractivity contribution is -0.143. The van der Waals surface area contributed by atoms with E-state index in [0.29, 0.717) is 29.9 Å². The van der Waals surface area contributed by atoms with E-state index < -0.39 is 40.6 Å². The average molecular weight is 447 g/mol. The molecule has 0 radical (unpaired) electrons. The number of carbonyl (C=O) groups is 1. The van der Waals surface area contributed by atoms with Crippen LogP contribution in [0.1, 0.15) is 39.9 Å². The monoisotopic (exact) mass is 447 g/mol. The van der Waals surface area contributed by atoms with Crippen LogP contribution >= 0.6 is 0 Å². The molecule has 168 valence electrons. The minimum absolute atomic E-state index is 0.0282. The van der Waals surface area contributed by atoms with Crippen molar-refractivity contribution in [3.05, 3.63) is 64.7 Å². The molecule has 2 aromatic carbocycles. The predicted molar refractivity (Wildman–Crippen MR) is 98.5 cm³/mol. The van der Waals surface area contributed by atoms with E-state index in [1.54, 1.807) is 24.3 Å². The first-order valence-electron chi connectivity index (χ1n) is 9.29. The molecule has 1 saturated heterocycles. The first-order chi connectivity index (χ1) is 14.3. The Hall–Kier alpha value is -2.75. The number of β-amino-alcohol motifs (C(OH)–C–C–N with tert-alkyl or cyclic N) is 1. The van der Waals surface area contributed by atoms with Crippen molar-refractivity contribution in [3.8, 4) is 5.75 Å². The second-order valence-electron chi connectivity index (χ2n) is 7.39. The zero-order valence-electron chi connectivity index (χ0n) is 16.3. The minimum atomic E-state index is -5.06. The standard InChI is InChI=1S/C21H19F6NO3/c1-31-17-5-2-4-14(11-17)19(30)6-3-7-28(12-19)18(29)13-8-15(20(22,23)24)10-16(9-13)21(25,26)27/h2,4-5,8-11,30H,3,6-7,12H2,1H3. The molecule has 1 aliphatic heterocycles. The molecular formula is C21H19F6NO3. The number of methoxy groups -OCH3 is 1. The molecule has 3 rings (SSSR count). The van der Waals surface area contributed by atoms with Crippen molar-refractivity contribution in [3.63, 3.8) is 0 Å². The van der Waals surface area contributed by atoms with Crippen LogP contribution in [0.3, 0.4) is 0 Å². The molecule has 1 amide bonds. The summed E-state index contributed by atoms with van der Waals surface area (Å²) in [7, 11) is 1.44.